The van der Waals surface area contributed by atoms with Crippen molar-refractivity contribution in [1.29, 1.82) is 0 Å². The zero-order valence-corrected chi connectivity index (χ0v) is 11.9. The van der Waals surface area contributed by atoms with E-state index in [2.05, 4.69) is 28.5 Å². The third-order valence-electron chi connectivity index (χ3n) is 3.48. The number of nitrogens with zero attached hydrogens (tertiary/aromatic N) is 1. The zero-order chi connectivity index (χ0) is 14.7. The number of nitrogens with one attached hydrogen (secondary N) is 1. The molecule has 0 aliphatic heterocycles. The van der Waals surface area contributed by atoms with Gasteiger partial charge in [-0.3, -0.25) is 4.98 Å². The summed E-state index contributed by atoms with van der Waals surface area (Å²) in [6, 6.07) is 16.1. The number of anilines is 2. The highest BCUT2D eigenvalue weighted by molar-refractivity contribution is 5.90. The van der Waals surface area contributed by atoms with E-state index >= 15 is 0 Å². The first kappa shape index (κ1) is 13.2. The van der Waals surface area contributed by atoms with Crippen LogP contribution in [0.1, 0.15) is 11.1 Å². The van der Waals surface area contributed by atoms with Gasteiger partial charge in [0.05, 0.1) is 16.9 Å². The molecule has 0 radical (unpaired) electrons. The van der Waals surface area contributed by atoms with Crippen LogP contribution in [0.4, 0.5) is 11.4 Å². The maximum absolute atomic E-state index is 5.98. The lowest BCUT2D eigenvalue weighted by Crippen LogP contribution is -1.95. The molecule has 0 saturated heterocycles. The fourth-order valence-corrected chi connectivity index (χ4v) is 2.36. The quantitative estimate of drug-likeness (QED) is 0.710. The van der Waals surface area contributed by atoms with Gasteiger partial charge in [0, 0.05) is 18.6 Å². The van der Waals surface area contributed by atoms with Crippen LogP contribution in [0.25, 0.3) is 23.1 Å². The number of rotatable bonds is 3. The predicted molar refractivity (Wildman–Crippen MR) is 91.1 cm³/mol. The minimum Gasteiger partial charge on any atom is -0.397 e. The molecule has 3 nitrogen and oxygen atoms in total. The van der Waals surface area contributed by atoms with Gasteiger partial charge in [-0.2, -0.15) is 0 Å². The largest absolute Gasteiger partial charge is 0.397 e. The Kier molecular flexibility index (Phi) is 3.56. The smallest absolute Gasteiger partial charge is 0.0707 e. The second kappa shape index (κ2) is 5.67. The molecule has 3 N–H and O–H groups in total. The van der Waals surface area contributed by atoms with Gasteiger partial charge in [0.1, 0.15) is 0 Å². The minimum absolute atomic E-state index is 0.749. The van der Waals surface area contributed by atoms with Gasteiger partial charge < -0.3 is 11.1 Å². The van der Waals surface area contributed by atoms with Crippen LogP contribution < -0.4 is 11.1 Å². The van der Waals surface area contributed by atoms with Crippen molar-refractivity contribution in [2.45, 2.75) is 0 Å². The predicted octanol–water partition coefficient (Wildman–Crippen LogP) is 4.03. The number of pyridine rings is 1. The van der Waals surface area contributed by atoms with Crippen molar-refractivity contribution in [3.05, 3.63) is 65.9 Å². The lowest BCUT2D eigenvalue weighted by Gasteiger charge is -2.05. The summed E-state index contributed by atoms with van der Waals surface area (Å²) in [5.74, 6) is 0. The van der Waals surface area contributed by atoms with Crippen molar-refractivity contribution in [3.63, 3.8) is 0 Å². The van der Waals surface area contributed by atoms with E-state index < -0.39 is 0 Å². The van der Waals surface area contributed by atoms with Crippen LogP contribution in [-0.2, 0) is 0 Å². The minimum atomic E-state index is 0.749. The third-order valence-corrected chi connectivity index (χ3v) is 3.48. The maximum atomic E-state index is 5.98. The number of aromatic nitrogens is 1. The van der Waals surface area contributed by atoms with Gasteiger partial charge in [-0.1, -0.05) is 36.4 Å². The molecule has 1 heterocycles. The summed E-state index contributed by atoms with van der Waals surface area (Å²) in [4.78, 5) is 4.37. The Hall–Kier alpha value is -2.81. The summed E-state index contributed by atoms with van der Waals surface area (Å²) in [6.07, 6.45) is 6.00. The molecule has 1 aromatic heterocycles. The van der Waals surface area contributed by atoms with Gasteiger partial charge in [-0.05, 0) is 35.4 Å². The van der Waals surface area contributed by atoms with Crippen molar-refractivity contribution >= 4 is 34.4 Å². The molecule has 0 atom stereocenters. The summed E-state index contributed by atoms with van der Waals surface area (Å²) in [5, 5.41) is 4.21. The molecule has 0 aliphatic rings. The number of para-hydroxylation sites is 1. The SMILES string of the molecule is CNc1ccc(/C=C/c2ccnc3ccccc23)cc1N. The van der Waals surface area contributed by atoms with Crippen molar-refractivity contribution < 1.29 is 0 Å². The van der Waals surface area contributed by atoms with Crippen LogP contribution in [0, 0.1) is 0 Å². The maximum Gasteiger partial charge on any atom is 0.0707 e. The molecule has 2 aromatic carbocycles. The Labute approximate surface area is 124 Å². The third kappa shape index (κ3) is 2.72. The molecule has 0 saturated carbocycles. The molecule has 0 bridgehead atoms. The molecule has 0 unspecified atom stereocenters. The van der Waals surface area contributed by atoms with Gasteiger partial charge >= 0.3 is 0 Å². The molecule has 21 heavy (non-hydrogen) atoms. The Morgan fingerprint density at radius 2 is 1.90 bits per heavy atom. The van der Waals surface area contributed by atoms with E-state index in [0.717, 1.165) is 33.4 Å². The van der Waals surface area contributed by atoms with E-state index in [4.69, 9.17) is 5.73 Å². The van der Waals surface area contributed by atoms with E-state index in [1.807, 2.05) is 55.7 Å². The number of nitrogen functional groups attached to an aromatic ring is 1. The molecule has 0 spiro atoms. The molecule has 3 rings (SSSR count). The van der Waals surface area contributed by atoms with Gasteiger partial charge in [-0.15, -0.1) is 0 Å². The highest BCUT2D eigenvalue weighted by Crippen LogP contribution is 2.22. The average molecular weight is 275 g/mol. The molecule has 104 valence electrons. The lowest BCUT2D eigenvalue weighted by molar-refractivity contribution is 1.41. The molecule has 0 aliphatic carbocycles. The fraction of sp³-hybridized carbons (Fsp3) is 0.0556. The van der Waals surface area contributed by atoms with Crippen LogP contribution in [0.5, 0.6) is 0 Å². The summed E-state index contributed by atoms with van der Waals surface area (Å²) in [6.45, 7) is 0. The molecule has 3 aromatic rings. The monoisotopic (exact) mass is 275 g/mol. The van der Waals surface area contributed by atoms with E-state index in [-0.39, 0.29) is 0 Å². The van der Waals surface area contributed by atoms with Crippen molar-refractivity contribution in [3.8, 4) is 0 Å². The van der Waals surface area contributed by atoms with Crippen LogP contribution >= 0.6 is 0 Å². The number of nitrogens with two attached hydrogens (primary N) is 1. The van der Waals surface area contributed by atoms with E-state index in [0.29, 0.717) is 0 Å². The summed E-state index contributed by atoms with van der Waals surface area (Å²) in [5.41, 5.74) is 10.9. The summed E-state index contributed by atoms with van der Waals surface area (Å²) in [7, 11) is 1.87. The molecule has 0 amide bonds. The standard InChI is InChI=1S/C18H17N3/c1-20-18-9-7-13(12-16(18)19)6-8-14-10-11-21-17-5-3-2-4-15(14)17/h2-12,20H,19H2,1H3/b8-6+. The van der Waals surface area contributed by atoms with Crippen LogP contribution in [0.2, 0.25) is 0 Å². The Balaban J connectivity index is 1.96. The zero-order valence-electron chi connectivity index (χ0n) is 11.9. The first-order chi connectivity index (χ1) is 10.3. The second-order valence-electron chi connectivity index (χ2n) is 4.85. The summed E-state index contributed by atoms with van der Waals surface area (Å²) < 4.78 is 0. The summed E-state index contributed by atoms with van der Waals surface area (Å²) >= 11 is 0. The van der Waals surface area contributed by atoms with E-state index in [1.54, 1.807) is 0 Å². The van der Waals surface area contributed by atoms with Crippen LogP contribution in [-0.4, -0.2) is 12.0 Å². The van der Waals surface area contributed by atoms with Gasteiger partial charge in [0.15, 0.2) is 0 Å². The highest BCUT2D eigenvalue weighted by Gasteiger charge is 1.99. The average Bonchev–Trinajstić information content (AvgIpc) is 2.53. The molecular formula is C18H17N3. The molecular weight excluding hydrogens is 258 g/mol. The second-order valence-corrected chi connectivity index (χ2v) is 4.85. The van der Waals surface area contributed by atoms with Crippen molar-refractivity contribution in [1.82, 2.24) is 4.98 Å². The van der Waals surface area contributed by atoms with Crippen LogP contribution in [0.3, 0.4) is 0 Å². The van der Waals surface area contributed by atoms with E-state index in [9.17, 15) is 0 Å². The van der Waals surface area contributed by atoms with Crippen molar-refractivity contribution in [2.24, 2.45) is 0 Å². The van der Waals surface area contributed by atoms with Gasteiger partial charge in [0.2, 0.25) is 0 Å². The first-order valence-corrected chi connectivity index (χ1v) is 6.87. The Bertz CT molecular complexity index is 801. The number of hydrogen-bond donors (Lipinski definition) is 2. The number of benzene rings is 2. The fourth-order valence-electron chi connectivity index (χ4n) is 2.36. The van der Waals surface area contributed by atoms with Gasteiger partial charge in [0.25, 0.3) is 0 Å². The van der Waals surface area contributed by atoms with Crippen molar-refractivity contribution in [2.75, 3.05) is 18.1 Å². The first-order valence-electron chi connectivity index (χ1n) is 6.87. The van der Waals surface area contributed by atoms with Crippen LogP contribution in [0.15, 0.2) is 54.7 Å². The number of hydrogen-bond acceptors (Lipinski definition) is 3. The topological polar surface area (TPSA) is 50.9 Å². The van der Waals surface area contributed by atoms with Gasteiger partial charge in [-0.25, -0.2) is 0 Å². The molecule has 3 heteroatoms. The lowest BCUT2D eigenvalue weighted by atomic mass is 10.1. The Morgan fingerprint density at radius 3 is 2.71 bits per heavy atom. The normalized spacial score (nSPS) is 11.1. The highest BCUT2D eigenvalue weighted by atomic mass is 14.8. The van der Waals surface area contributed by atoms with E-state index in [1.165, 1.54) is 0 Å². The molecule has 0 fully saturated rings. The Morgan fingerprint density at radius 1 is 1.05 bits per heavy atom. The number of fused-ring (bicyclic) bond motifs is 1.